The molecule has 1 aromatic heterocycles. The molecule has 0 N–H and O–H groups in total. The summed E-state index contributed by atoms with van der Waals surface area (Å²) < 4.78 is 11.2. The number of halogens is 1. The van der Waals surface area contributed by atoms with E-state index < -0.39 is 0 Å². The zero-order chi connectivity index (χ0) is 15.7. The van der Waals surface area contributed by atoms with E-state index in [9.17, 15) is 4.79 Å². The molecule has 0 saturated heterocycles. The van der Waals surface area contributed by atoms with Crippen molar-refractivity contribution in [2.45, 2.75) is 20.0 Å². The van der Waals surface area contributed by atoms with Crippen LogP contribution in [0.25, 0.3) is 22.1 Å². The Morgan fingerprint density at radius 2 is 1.82 bits per heavy atom. The van der Waals surface area contributed by atoms with Crippen LogP contribution < -0.4 is 10.2 Å². The average molecular weight is 315 g/mol. The van der Waals surface area contributed by atoms with Gasteiger partial charge in [-0.3, -0.25) is 4.79 Å². The lowest BCUT2D eigenvalue weighted by molar-refractivity contribution is 0.242. The normalized spacial score (nSPS) is 11.1. The minimum atomic E-state index is -0.106. The summed E-state index contributed by atoms with van der Waals surface area (Å²) in [5, 5.41) is 0.769. The molecule has 0 radical (unpaired) electrons. The molecule has 0 aliphatic heterocycles. The summed E-state index contributed by atoms with van der Waals surface area (Å²) >= 11 is 6.30. The topological polar surface area (TPSA) is 39.4 Å². The molecule has 0 amide bonds. The van der Waals surface area contributed by atoms with Crippen molar-refractivity contribution in [3.8, 4) is 16.9 Å². The smallest absolute Gasteiger partial charge is 0.200 e. The van der Waals surface area contributed by atoms with Crippen LogP contribution in [0.1, 0.15) is 13.8 Å². The molecule has 0 fully saturated rings. The van der Waals surface area contributed by atoms with Gasteiger partial charge < -0.3 is 9.15 Å². The van der Waals surface area contributed by atoms with E-state index in [-0.39, 0.29) is 11.5 Å². The number of benzene rings is 2. The maximum atomic E-state index is 12.7. The predicted molar refractivity (Wildman–Crippen MR) is 88.7 cm³/mol. The summed E-state index contributed by atoms with van der Waals surface area (Å²) in [5.41, 5.74) is 1.58. The van der Waals surface area contributed by atoms with Crippen LogP contribution in [0.5, 0.6) is 5.75 Å². The largest absolute Gasteiger partial charge is 0.489 e. The number of hydrogen-bond acceptors (Lipinski definition) is 3. The van der Waals surface area contributed by atoms with Gasteiger partial charge in [0.25, 0.3) is 0 Å². The van der Waals surface area contributed by atoms with Crippen LogP contribution in [-0.2, 0) is 0 Å². The van der Waals surface area contributed by atoms with E-state index in [1.165, 1.54) is 6.26 Å². The van der Waals surface area contributed by atoms with Gasteiger partial charge in [0.2, 0.25) is 5.43 Å². The molecule has 3 aromatic rings. The van der Waals surface area contributed by atoms with Gasteiger partial charge in [0.15, 0.2) is 5.58 Å². The monoisotopic (exact) mass is 314 g/mol. The minimum absolute atomic E-state index is 0.00901. The first-order valence-electron chi connectivity index (χ1n) is 7.04. The summed E-state index contributed by atoms with van der Waals surface area (Å²) in [6.45, 7) is 3.82. The van der Waals surface area contributed by atoms with Crippen LogP contribution in [0.3, 0.4) is 0 Å². The fourth-order valence-electron chi connectivity index (χ4n) is 2.31. The standard InChI is InChI=1S/C18H15ClO3/c1-11(2)22-15-9-8-13-17(20)14(10-21-18(13)16(15)19)12-6-4-3-5-7-12/h3-11H,1-2H3. The molecule has 2 aromatic carbocycles. The van der Waals surface area contributed by atoms with E-state index in [0.717, 1.165) is 5.56 Å². The van der Waals surface area contributed by atoms with Gasteiger partial charge in [-0.1, -0.05) is 41.9 Å². The van der Waals surface area contributed by atoms with Crippen LogP contribution in [0, 0.1) is 0 Å². The zero-order valence-electron chi connectivity index (χ0n) is 12.3. The lowest BCUT2D eigenvalue weighted by Gasteiger charge is -2.12. The quantitative estimate of drug-likeness (QED) is 0.690. The van der Waals surface area contributed by atoms with Crippen molar-refractivity contribution in [1.82, 2.24) is 0 Å². The Labute approximate surface area is 133 Å². The molecular weight excluding hydrogens is 300 g/mol. The lowest BCUT2D eigenvalue weighted by Crippen LogP contribution is -2.08. The van der Waals surface area contributed by atoms with Gasteiger partial charge >= 0.3 is 0 Å². The fraction of sp³-hybridized carbons (Fsp3) is 0.167. The van der Waals surface area contributed by atoms with Gasteiger partial charge in [0.05, 0.1) is 17.1 Å². The molecule has 4 heteroatoms. The molecule has 0 saturated carbocycles. The molecule has 22 heavy (non-hydrogen) atoms. The first kappa shape index (κ1) is 14.7. The maximum Gasteiger partial charge on any atom is 0.200 e. The second-order valence-electron chi connectivity index (χ2n) is 5.27. The van der Waals surface area contributed by atoms with Crippen molar-refractivity contribution in [2.24, 2.45) is 0 Å². The van der Waals surface area contributed by atoms with Gasteiger partial charge in [-0.25, -0.2) is 0 Å². The van der Waals surface area contributed by atoms with E-state index in [1.54, 1.807) is 12.1 Å². The Kier molecular flexibility index (Phi) is 3.90. The Morgan fingerprint density at radius 1 is 1.09 bits per heavy atom. The molecule has 1 heterocycles. The van der Waals surface area contributed by atoms with Gasteiger partial charge in [0, 0.05) is 0 Å². The highest BCUT2D eigenvalue weighted by atomic mass is 35.5. The van der Waals surface area contributed by atoms with Gasteiger partial charge in [-0.05, 0) is 31.5 Å². The number of rotatable bonds is 3. The second-order valence-corrected chi connectivity index (χ2v) is 5.64. The highest BCUT2D eigenvalue weighted by Gasteiger charge is 2.15. The first-order chi connectivity index (χ1) is 10.6. The zero-order valence-corrected chi connectivity index (χ0v) is 13.1. The summed E-state index contributed by atoms with van der Waals surface area (Å²) in [5.74, 6) is 0.514. The fourth-order valence-corrected chi connectivity index (χ4v) is 2.56. The Morgan fingerprint density at radius 3 is 2.50 bits per heavy atom. The van der Waals surface area contributed by atoms with Gasteiger partial charge in [-0.2, -0.15) is 0 Å². The second kappa shape index (κ2) is 5.85. The number of hydrogen-bond donors (Lipinski definition) is 0. The van der Waals surface area contributed by atoms with E-state index in [4.69, 9.17) is 20.8 Å². The highest BCUT2D eigenvalue weighted by Crippen LogP contribution is 2.33. The van der Waals surface area contributed by atoms with Crippen molar-refractivity contribution < 1.29 is 9.15 Å². The van der Waals surface area contributed by atoms with Gasteiger partial charge in [0.1, 0.15) is 17.0 Å². The van der Waals surface area contributed by atoms with E-state index in [1.807, 2.05) is 44.2 Å². The van der Waals surface area contributed by atoms with Crippen LogP contribution in [0.15, 0.2) is 57.9 Å². The summed E-state index contributed by atoms with van der Waals surface area (Å²) in [4.78, 5) is 12.7. The molecule has 0 aliphatic carbocycles. The molecule has 0 bridgehead atoms. The summed E-state index contributed by atoms with van der Waals surface area (Å²) in [6, 6.07) is 12.8. The van der Waals surface area contributed by atoms with Crippen molar-refractivity contribution in [3.63, 3.8) is 0 Å². The van der Waals surface area contributed by atoms with E-state index >= 15 is 0 Å². The van der Waals surface area contributed by atoms with Crippen LogP contribution in [0.4, 0.5) is 0 Å². The molecule has 112 valence electrons. The summed E-state index contributed by atoms with van der Waals surface area (Å²) in [7, 11) is 0. The molecular formula is C18H15ClO3. The number of ether oxygens (including phenoxy) is 1. The Balaban J connectivity index is 2.19. The van der Waals surface area contributed by atoms with Crippen LogP contribution in [0.2, 0.25) is 5.02 Å². The molecule has 0 aliphatic rings. The maximum absolute atomic E-state index is 12.7. The third-order valence-electron chi connectivity index (χ3n) is 3.29. The van der Waals surface area contributed by atoms with Crippen LogP contribution >= 0.6 is 11.6 Å². The number of fused-ring (bicyclic) bond motifs is 1. The highest BCUT2D eigenvalue weighted by molar-refractivity contribution is 6.36. The Hall–Kier alpha value is -2.26. The van der Waals surface area contributed by atoms with Crippen molar-refractivity contribution >= 4 is 22.6 Å². The van der Waals surface area contributed by atoms with Crippen molar-refractivity contribution in [1.29, 1.82) is 0 Å². The lowest BCUT2D eigenvalue weighted by atomic mass is 10.1. The summed E-state index contributed by atoms with van der Waals surface area (Å²) in [6.07, 6.45) is 1.44. The van der Waals surface area contributed by atoms with Gasteiger partial charge in [-0.15, -0.1) is 0 Å². The average Bonchev–Trinajstić information content (AvgIpc) is 2.51. The molecule has 3 nitrogen and oxygen atoms in total. The first-order valence-corrected chi connectivity index (χ1v) is 7.42. The molecule has 0 spiro atoms. The van der Waals surface area contributed by atoms with Crippen molar-refractivity contribution in [3.05, 3.63) is 64.0 Å². The molecule has 3 rings (SSSR count). The third-order valence-corrected chi connectivity index (χ3v) is 3.65. The SMILES string of the molecule is CC(C)Oc1ccc2c(=O)c(-c3ccccc3)coc2c1Cl. The van der Waals surface area contributed by atoms with E-state index in [2.05, 4.69) is 0 Å². The van der Waals surface area contributed by atoms with Crippen LogP contribution in [-0.4, -0.2) is 6.10 Å². The molecule has 0 unspecified atom stereocenters. The third kappa shape index (κ3) is 2.60. The van der Waals surface area contributed by atoms with Crippen molar-refractivity contribution in [2.75, 3.05) is 0 Å². The molecule has 0 atom stereocenters. The predicted octanol–water partition coefficient (Wildman–Crippen LogP) is 4.90. The minimum Gasteiger partial charge on any atom is -0.489 e. The van der Waals surface area contributed by atoms with E-state index in [0.29, 0.717) is 27.3 Å². The Bertz CT molecular complexity index is 867.